The zero-order chi connectivity index (χ0) is 13.3. The molecule has 2 heterocycles. The first-order valence-corrected chi connectivity index (χ1v) is 8.88. The molecular weight excluding hydrogens is 268 g/mol. The van der Waals surface area contributed by atoms with Crippen LogP contribution in [0.5, 0.6) is 0 Å². The van der Waals surface area contributed by atoms with Gasteiger partial charge in [-0.25, -0.2) is 13.4 Å². The molecule has 2 N–H and O–H groups in total. The summed E-state index contributed by atoms with van der Waals surface area (Å²) in [5.74, 6) is 0.892. The maximum atomic E-state index is 11.4. The van der Waals surface area contributed by atoms with Crippen molar-refractivity contribution in [3.8, 4) is 0 Å². The third-order valence-electron chi connectivity index (χ3n) is 3.47. The van der Waals surface area contributed by atoms with Crippen molar-refractivity contribution in [2.24, 2.45) is 11.7 Å². The van der Waals surface area contributed by atoms with Crippen LogP contribution in [0.25, 0.3) is 0 Å². The van der Waals surface area contributed by atoms with Gasteiger partial charge in [0.15, 0.2) is 9.84 Å². The van der Waals surface area contributed by atoms with Gasteiger partial charge in [0.25, 0.3) is 0 Å². The van der Waals surface area contributed by atoms with Gasteiger partial charge in [0.1, 0.15) is 0 Å². The molecule has 2 atom stereocenters. The van der Waals surface area contributed by atoms with Crippen LogP contribution in [0.2, 0.25) is 0 Å². The molecule has 0 radical (unpaired) electrons. The van der Waals surface area contributed by atoms with E-state index < -0.39 is 9.84 Å². The summed E-state index contributed by atoms with van der Waals surface area (Å²) < 4.78 is 22.8. The van der Waals surface area contributed by atoms with Crippen LogP contribution >= 0.6 is 11.3 Å². The number of aryl methyl sites for hydroxylation is 2. The number of hydrogen-bond donors (Lipinski definition) is 1. The van der Waals surface area contributed by atoms with Crippen LogP contribution in [0.15, 0.2) is 0 Å². The summed E-state index contributed by atoms with van der Waals surface area (Å²) in [6, 6.07) is 0.0215. The Morgan fingerprint density at radius 1 is 1.50 bits per heavy atom. The summed E-state index contributed by atoms with van der Waals surface area (Å²) in [5, 5.41) is 1.07. The van der Waals surface area contributed by atoms with Crippen molar-refractivity contribution < 1.29 is 8.42 Å². The third-order valence-corrected chi connectivity index (χ3v) is 6.40. The van der Waals surface area contributed by atoms with Crippen LogP contribution < -0.4 is 5.73 Å². The van der Waals surface area contributed by atoms with E-state index in [1.165, 1.54) is 4.88 Å². The van der Waals surface area contributed by atoms with E-state index in [0.717, 1.165) is 30.0 Å². The minimum absolute atomic E-state index is 0.0215. The zero-order valence-electron chi connectivity index (χ0n) is 10.8. The predicted molar refractivity (Wildman–Crippen MR) is 74.6 cm³/mol. The van der Waals surface area contributed by atoms with Crippen LogP contribution in [0.3, 0.4) is 0 Å². The molecule has 4 nitrogen and oxygen atoms in total. The van der Waals surface area contributed by atoms with Gasteiger partial charge in [-0.15, -0.1) is 11.3 Å². The van der Waals surface area contributed by atoms with Crippen LogP contribution in [-0.2, 0) is 16.3 Å². The SMILES string of the molecule is Cc1nc(CC(N)CC2CCS(=O)(=O)C2)sc1C. The summed E-state index contributed by atoms with van der Waals surface area (Å²) in [7, 11) is -2.79. The summed E-state index contributed by atoms with van der Waals surface area (Å²) in [4.78, 5) is 5.71. The molecule has 1 aliphatic heterocycles. The zero-order valence-corrected chi connectivity index (χ0v) is 12.5. The van der Waals surface area contributed by atoms with E-state index in [1.54, 1.807) is 11.3 Å². The highest BCUT2D eigenvalue weighted by Gasteiger charge is 2.29. The fourth-order valence-corrected chi connectivity index (χ4v) is 5.33. The fourth-order valence-electron chi connectivity index (χ4n) is 2.42. The van der Waals surface area contributed by atoms with Gasteiger partial charge in [0.2, 0.25) is 0 Å². The summed E-state index contributed by atoms with van der Waals surface area (Å²) >= 11 is 1.69. The lowest BCUT2D eigenvalue weighted by Crippen LogP contribution is -2.26. The molecule has 1 aromatic rings. The molecule has 6 heteroatoms. The van der Waals surface area contributed by atoms with Gasteiger partial charge in [-0.1, -0.05) is 0 Å². The lowest BCUT2D eigenvalue weighted by Gasteiger charge is -2.13. The van der Waals surface area contributed by atoms with Crippen molar-refractivity contribution in [3.05, 3.63) is 15.6 Å². The van der Waals surface area contributed by atoms with E-state index in [1.807, 2.05) is 6.92 Å². The van der Waals surface area contributed by atoms with E-state index in [2.05, 4.69) is 11.9 Å². The second kappa shape index (κ2) is 5.27. The third kappa shape index (κ3) is 3.52. The van der Waals surface area contributed by atoms with Crippen molar-refractivity contribution in [1.29, 1.82) is 0 Å². The molecule has 102 valence electrons. The van der Waals surface area contributed by atoms with Gasteiger partial charge in [-0.05, 0) is 32.6 Å². The first kappa shape index (κ1) is 14.0. The number of nitrogens with two attached hydrogens (primary N) is 1. The average molecular weight is 288 g/mol. The molecule has 18 heavy (non-hydrogen) atoms. The van der Waals surface area contributed by atoms with Gasteiger partial charge < -0.3 is 5.73 Å². The second-order valence-corrected chi connectivity index (χ2v) is 8.73. The van der Waals surface area contributed by atoms with E-state index in [9.17, 15) is 8.42 Å². The molecule has 0 aromatic carbocycles. The number of hydrogen-bond acceptors (Lipinski definition) is 5. The Labute approximate surface area is 113 Å². The summed E-state index contributed by atoms with van der Waals surface area (Å²) in [5.41, 5.74) is 7.18. The van der Waals surface area contributed by atoms with E-state index in [0.29, 0.717) is 11.5 Å². The number of aromatic nitrogens is 1. The van der Waals surface area contributed by atoms with Crippen LogP contribution in [-0.4, -0.2) is 30.9 Å². The Kier molecular flexibility index (Phi) is 4.08. The normalized spacial score (nSPS) is 24.3. The van der Waals surface area contributed by atoms with Crippen LogP contribution in [0, 0.1) is 19.8 Å². The van der Waals surface area contributed by atoms with Crippen molar-refractivity contribution in [2.45, 2.75) is 39.2 Å². The first-order chi connectivity index (χ1) is 8.35. The topological polar surface area (TPSA) is 73.0 Å². The highest BCUT2D eigenvalue weighted by molar-refractivity contribution is 7.91. The van der Waals surface area contributed by atoms with E-state index >= 15 is 0 Å². The summed E-state index contributed by atoms with van der Waals surface area (Å²) in [6.07, 6.45) is 2.32. The lowest BCUT2D eigenvalue weighted by atomic mass is 9.98. The molecule has 1 aliphatic rings. The molecule has 0 saturated carbocycles. The number of sulfone groups is 1. The molecule has 0 aliphatic carbocycles. The van der Waals surface area contributed by atoms with Gasteiger partial charge in [0.05, 0.1) is 22.2 Å². The van der Waals surface area contributed by atoms with Gasteiger partial charge >= 0.3 is 0 Å². The highest BCUT2D eigenvalue weighted by atomic mass is 32.2. The number of thiazole rings is 1. The minimum atomic E-state index is -2.79. The van der Waals surface area contributed by atoms with Gasteiger partial charge in [-0.2, -0.15) is 0 Å². The van der Waals surface area contributed by atoms with Gasteiger partial charge in [-0.3, -0.25) is 0 Å². The first-order valence-electron chi connectivity index (χ1n) is 6.24. The molecular formula is C12H20N2O2S2. The maximum Gasteiger partial charge on any atom is 0.150 e. The van der Waals surface area contributed by atoms with Crippen molar-refractivity contribution in [3.63, 3.8) is 0 Å². The Hall–Kier alpha value is -0.460. The smallest absolute Gasteiger partial charge is 0.150 e. The van der Waals surface area contributed by atoms with E-state index in [4.69, 9.17) is 5.73 Å². The van der Waals surface area contributed by atoms with Crippen molar-refractivity contribution in [1.82, 2.24) is 4.98 Å². The number of rotatable bonds is 4. The highest BCUT2D eigenvalue weighted by Crippen LogP contribution is 2.24. The maximum absolute atomic E-state index is 11.4. The van der Waals surface area contributed by atoms with Crippen LogP contribution in [0.4, 0.5) is 0 Å². The fraction of sp³-hybridized carbons (Fsp3) is 0.750. The number of nitrogens with zero attached hydrogens (tertiary/aromatic N) is 1. The van der Waals surface area contributed by atoms with Crippen LogP contribution in [0.1, 0.15) is 28.4 Å². The Morgan fingerprint density at radius 2 is 2.22 bits per heavy atom. The second-order valence-electron chi connectivity index (χ2n) is 5.22. The summed E-state index contributed by atoms with van der Waals surface area (Å²) in [6.45, 7) is 4.07. The Morgan fingerprint density at radius 3 is 2.72 bits per heavy atom. The average Bonchev–Trinajstić information content (AvgIpc) is 2.71. The predicted octanol–water partition coefficient (Wildman–Crippen LogP) is 1.45. The Bertz CT molecular complexity index is 503. The molecule has 1 saturated heterocycles. The molecule has 1 fully saturated rings. The van der Waals surface area contributed by atoms with Crippen molar-refractivity contribution in [2.75, 3.05) is 11.5 Å². The molecule has 1 aromatic heterocycles. The monoisotopic (exact) mass is 288 g/mol. The largest absolute Gasteiger partial charge is 0.327 e. The minimum Gasteiger partial charge on any atom is -0.327 e. The molecule has 0 amide bonds. The van der Waals surface area contributed by atoms with Crippen molar-refractivity contribution >= 4 is 21.2 Å². The molecule has 2 rings (SSSR count). The molecule has 2 unspecified atom stereocenters. The molecule has 0 bridgehead atoms. The van der Waals surface area contributed by atoms with E-state index in [-0.39, 0.29) is 12.0 Å². The van der Waals surface area contributed by atoms with Gasteiger partial charge in [0, 0.05) is 17.3 Å². The molecule has 0 spiro atoms. The lowest BCUT2D eigenvalue weighted by molar-refractivity contribution is 0.468. The Balaban J connectivity index is 1.87. The quantitative estimate of drug-likeness (QED) is 0.910. The standard InChI is InChI=1S/C12H20N2O2S2/c1-8-9(2)17-12(14-8)6-11(13)5-10-3-4-18(15,16)7-10/h10-11H,3-7,13H2,1-2H3.